The number of pyridine rings is 2. The number of nitrogen functional groups attached to an aromatic ring is 1. The van der Waals surface area contributed by atoms with Gasteiger partial charge in [0, 0.05) is 62.6 Å². The van der Waals surface area contributed by atoms with Crippen LogP contribution in [0.15, 0.2) is 225 Å². The Morgan fingerprint density at radius 3 is 1.40 bits per heavy atom. The summed E-state index contributed by atoms with van der Waals surface area (Å²) in [6.07, 6.45) is 8.96. The summed E-state index contributed by atoms with van der Waals surface area (Å²) in [4.78, 5) is 51.0. The number of anilines is 8. The summed E-state index contributed by atoms with van der Waals surface area (Å²) < 4.78 is 21.1. The highest BCUT2D eigenvalue weighted by Gasteiger charge is 2.24. The molecule has 9 N–H and O–H groups in total. The smallest absolute Gasteiger partial charge is 0.418 e. The molecule has 13 aromatic rings. The van der Waals surface area contributed by atoms with Crippen molar-refractivity contribution in [2.45, 2.75) is 92.6 Å². The van der Waals surface area contributed by atoms with Crippen molar-refractivity contribution in [1.82, 2.24) is 49.5 Å². The van der Waals surface area contributed by atoms with E-state index in [9.17, 15) is 14.7 Å². The average molecular weight is 1350 g/mol. The van der Waals surface area contributed by atoms with E-state index < -0.39 is 6.09 Å². The summed E-state index contributed by atoms with van der Waals surface area (Å²) in [7, 11) is 0. The highest BCUT2D eigenvalue weighted by Crippen LogP contribution is 2.35. The van der Waals surface area contributed by atoms with Gasteiger partial charge in [0.05, 0.1) is 77.8 Å². The molecule has 6 heterocycles. The van der Waals surface area contributed by atoms with Crippen LogP contribution in [-0.2, 0) is 37.3 Å². The number of nitrogens with two attached hydrogens (primary N) is 1. The number of rotatable bonds is 18. The van der Waals surface area contributed by atoms with Gasteiger partial charge in [-0.1, -0.05) is 144 Å². The van der Waals surface area contributed by atoms with Crippen molar-refractivity contribution in [3.05, 3.63) is 270 Å². The van der Waals surface area contributed by atoms with Gasteiger partial charge in [-0.25, -0.2) is 38.9 Å². The van der Waals surface area contributed by atoms with Crippen LogP contribution in [0.25, 0.3) is 32.9 Å². The lowest BCUT2D eigenvalue weighted by molar-refractivity contribution is 0.215. The van der Waals surface area contributed by atoms with E-state index >= 15 is 0 Å². The van der Waals surface area contributed by atoms with Gasteiger partial charge in [-0.05, 0) is 110 Å². The van der Waals surface area contributed by atoms with Gasteiger partial charge in [-0.2, -0.15) is 10.2 Å². The molecule has 0 aliphatic rings. The summed E-state index contributed by atoms with van der Waals surface area (Å²) in [5.74, 6) is 5.37. The topological polar surface area (TPSA) is 301 Å². The van der Waals surface area contributed by atoms with Gasteiger partial charge in [0.15, 0.2) is 0 Å². The number of ether oxygens (including phenoxy) is 3. The Kier molecular flexibility index (Phi) is 21.9. The number of amides is 3. The molecule has 23 heteroatoms. The van der Waals surface area contributed by atoms with Gasteiger partial charge in [0.25, 0.3) is 0 Å². The zero-order valence-corrected chi connectivity index (χ0v) is 57.2. The number of aromatic nitrogens is 10. The predicted octanol–water partition coefficient (Wildman–Crippen LogP) is 15.8. The number of nitrogens with zero attached hydrogens (tertiary/aromatic N) is 10. The Morgan fingerprint density at radius 1 is 0.465 bits per heavy atom. The van der Waals surface area contributed by atoms with Gasteiger partial charge in [0.1, 0.15) is 65.4 Å². The lowest BCUT2D eigenvalue weighted by atomic mass is 9.92. The summed E-state index contributed by atoms with van der Waals surface area (Å²) in [6, 6.07) is 59.0. The van der Waals surface area contributed by atoms with Crippen molar-refractivity contribution in [3.8, 4) is 28.6 Å². The number of carbonyl (C=O) groups is 2. The molecule has 0 fully saturated rings. The fraction of sp³-hybridized carbons (Fsp3) is 0.179. The fourth-order valence-corrected chi connectivity index (χ4v) is 10.2. The number of aliphatic hydroxyl groups excluding tert-OH is 2. The number of aliphatic hydroxyl groups is 2. The molecule has 6 aromatic heterocycles. The number of fused-ring (bicyclic) bond motifs is 2. The zero-order valence-electron chi connectivity index (χ0n) is 57.2. The van der Waals surface area contributed by atoms with Crippen LogP contribution in [0.4, 0.5) is 55.9 Å². The van der Waals surface area contributed by atoms with Crippen molar-refractivity contribution in [3.63, 3.8) is 0 Å². The first-order valence-corrected chi connectivity index (χ1v) is 32.5. The van der Waals surface area contributed by atoms with Crippen LogP contribution >= 0.6 is 0 Å². The van der Waals surface area contributed by atoms with E-state index in [0.717, 1.165) is 78.0 Å². The molecule has 13 rings (SSSR count). The van der Waals surface area contributed by atoms with E-state index in [2.05, 4.69) is 103 Å². The van der Waals surface area contributed by atoms with E-state index in [0.29, 0.717) is 76.7 Å². The van der Waals surface area contributed by atoms with Crippen LogP contribution in [0.5, 0.6) is 17.2 Å². The van der Waals surface area contributed by atoms with E-state index in [1.54, 1.807) is 46.3 Å². The van der Waals surface area contributed by atoms with Gasteiger partial charge >= 0.3 is 12.1 Å². The molecule has 0 radical (unpaired) electrons. The number of benzene rings is 7. The molecule has 512 valence electrons. The summed E-state index contributed by atoms with van der Waals surface area (Å²) in [5, 5.41) is 46.4. The van der Waals surface area contributed by atoms with Crippen LogP contribution in [-0.4, -0.2) is 71.8 Å². The molecule has 101 heavy (non-hydrogen) atoms. The predicted molar refractivity (Wildman–Crippen MR) is 395 cm³/mol. The molecular weight excluding hydrogens is 1270 g/mol. The van der Waals surface area contributed by atoms with E-state index in [4.69, 9.17) is 30.1 Å². The molecule has 0 saturated carbocycles. The number of para-hydroxylation sites is 1. The lowest BCUT2D eigenvalue weighted by Crippen LogP contribution is -2.21. The molecule has 0 aliphatic heterocycles. The maximum atomic E-state index is 13.4. The number of carbonyl (C=O) groups excluding carboxylic acids is 2. The van der Waals surface area contributed by atoms with Crippen LogP contribution in [0, 0.1) is 13.8 Å². The number of hydrogen-bond acceptors (Lipinski definition) is 18. The molecule has 0 saturated heterocycles. The van der Waals surface area contributed by atoms with Crippen molar-refractivity contribution in [2.24, 2.45) is 0 Å². The Bertz CT molecular complexity index is 4960. The third kappa shape index (κ3) is 18.5. The first-order chi connectivity index (χ1) is 48.7. The van der Waals surface area contributed by atoms with Crippen LogP contribution < -0.4 is 46.5 Å². The van der Waals surface area contributed by atoms with Gasteiger partial charge in [-0.15, -0.1) is 0 Å². The summed E-state index contributed by atoms with van der Waals surface area (Å²) in [5.41, 5.74) is 15.7. The molecule has 3 amide bonds. The van der Waals surface area contributed by atoms with Gasteiger partial charge in [-0.3, -0.25) is 20.6 Å². The quantitative estimate of drug-likeness (QED) is 0.0370. The van der Waals surface area contributed by atoms with Crippen molar-refractivity contribution in [2.75, 3.05) is 32.3 Å². The molecule has 0 aliphatic carbocycles. The first-order valence-electron chi connectivity index (χ1n) is 32.5. The molecule has 0 spiro atoms. The number of hydrogen-bond donors (Lipinski definition) is 8. The highest BCUT2D eigenvalue weighted by molar-refractivity contribution is 6.07. The Balaban J connectivity index is 0.000000163. The van der Waals surface area contributed by atoms with E-state index in [1.165, 1.54) is 12.4 Å². The minimum absolute atomic E-state index is 0.141. The first kappa shape index (κ1) is 69.7. The van der Waals surface area contributed by atoms with Crippen LogP contribution in [0.3, 0.4) is 0 Å². The van der Waals surface area contributed by atoms with E-state index in [-0.39, 0.29) is 30.1 Å². The largest absolute Gasteiger partial charge is 0.488 e. The number of urea groups is 1. The molecule has 7 aromatic carbocycles. The number of nitrogens with one attached hydrogen (secondary N) is 5. The number of aryl methyl sites for hydroxylation is 2. The Labute approximate surface area is 584 Å². The fourth-order valence-electron chi connectivity index (χ4n) is 10.2. The van der Waals surface area contributed by atoms with E-state index in [1.807, 2.05) is 190 Å². The third-order valence-corrected chi connectivity index (χ3v) is 15.7. The summed E-state index contributed by atoms with van der Waals surface area (Å²) >= 11 is 0. The molecular formula is C78H78N16O7. The normalized spacial score (nSPS) is 11.1. The maximum Gasteiger partial charge on any atom is 0.418 e. The third-order valence-electron chi connectivity index (χ3n) is 15.7. The van der Waals surface area contributed by atoms with Gasteiger partial charge in [0.2, 0.25) is 0 Å². The molecule has 23 nitrogen and oxygen atoms in total. The standard InChI is InChI=1S/C36H36N8O3.C21H19N5O2.C21H23N3O2/c1-23-9-11-26(12-10-23)44-34(18-31(43-44)36(2,3)4)42-35(46)40-29-13-14-30(28-8-6-5-7-27(28)29)47-22-24-15-16-37-32(17-24)41-33-20-38-25(21-45)19-39-33;22-18-5-6-19(17-4-2-1-3-16(17)18)28-13-14-7-8-23-20(9-14)26-21-11-24-15(12-27)10-25-21;1-15-10-12-16(13-11-15)24-19(14-18(23-24)21(2,3)4)22-20(25)26-17-8-6-5-7-9-17/h5-20,45H,21-22H2,1-4H3,(H,37,39,41)(H2,40,42,46);1-11,27H,12-13,22H2,(H,23,25,26);5-14H,1-4H3,(H,22,25). The SMILES string of the molecule is Cc1ccc(-n2nc(C(C)(C)C)cc2NC(=O)Nc2ccc(OCc3ccnc(Nc4cnc(CO)cn4)c3)c3ccccc23)cc1.Cc1ccc(-n2nc(C(C)(C)C)cc2NC(=O)Oc2ccccc2)cc1.Nc1ccc(OCc2ccnc(Nc3cnc(CO)cn3)c2)c2ccccc12. The average Bonchev–Trinajstić information content (AvgIpc) is 1.76. The van der Waals surface area contributed by atoms with Crippen molar-refractivity contribution < 1.29 is 34.0 Å². The zero-order chi connectivity index (χ0) is 71.0. The monoisotopic (exact) mass is 1350 g/mol. The second-order valence-corrected chi connectivity index (χ2v) is 25.6. The minimum Gasteiger partial charge on any atom is -0.488 e. The minimum atomic E-state index is -0.551. The second-order valence-electron chi connectivity index (χ2n) is 25.6. The summed E-state index contributed by atoms with van der Waals surface area (Å²) in [6.45, 7) is 17.0. The Hall–Kier alpha value is -12.6. The van der Waals surface area contributed by atoms with Crippen LogP contribution in [0.2, 0.25) is 0 Å². The highest BCUT2D eigenvalue weighted by atomic mass is 16.6. The van der Waals surface area contributed by atoms with Crippen molar-refractivity contribution >= 4 is 80.0 Å². The maximum absolute atomic E-state index is 13.4. The van der Waals surface area contributed by atoms with Crippen molar-refractivity contribution in [1.29, 1.82) is 0 Å². The second kappa shape index (κ2) is 31.7. The molecule has 0 bridgehead atoms. The van der Waals surface area contributed by atoms with Crippen LogP contribution in [0.1, 0.15) is 86.6 Å². The molecule has 0 unspecified atom stereocenters. The lowest BCUT2D eigenvalue weighted by Gasteiger charge is -2.15. The molecule has 0 atom stereocenters. The Morgan fingerprint density at radius 2 is 0.921 bits per heavy atom. The van der Waals surface area contributed by atoms with Gasteiger partial charge < -0.3 is 46.1 Å².